The second-order valence-corrected chi connectivity index (χ2v) is 6.69. The lowest BCUT2D eigenvalue weighted by Crippen LogP contribution is -2.04. The minimum atomic E-state index is 0.408. The van der Waals surface area contributed by atoms with E-state index < -0.39 is 0 Å². The molecule has 5 aromatic rings. The molecule has 1 N–H and O–H groups in total. The highest BCUT2D eigenvalue weighted by atomic mass is 16.4. The van der Waals surface area contributed by atoms with Crippen molar-refractivity contribution in [3.8, 4) is 23.3 Å². The molecule has 0 bridgehead atoms. The Labute approximate surface area is 172 Å². The van der Waals surface area contributed by atoms with E-state index >= 15 is 0 Å². The molecule has 0 amide bonds. The summed E-state index contributed by atoms with van der Waals surface area (Å²) < 4.78 is 6.11. The van der Waals surface area contributed by atoms with Crippen molar-refractivity contribution >= 4 is 21.7 Å². The summed E-state index contributed by atoms with van der Waals surface area (Å²) in [6.07, 6.45) is 3.51. The largest absolute Gasteiger partial charge is 0.454 e. The van der Waals surface area contributed by atoms with Gasteiger partial charge in [0.25, 0.3) is 0 Å². The molecule has 0 spiro atoms. The lowest BCUT2D eigenvalue weighted by atomic mass is 10.1. The molecule has 3 heterocycles. The topological polar surface area (TPSA) is 71.5 Å². The van der Waals surface area contributed by atoms with Crippen LogP contribution in [0, 0.1) is 11.8 Å². The molecule has 0 radical (unpaired) electrons. The van der Waals surface area contributed by atoms with Crippen molar-refractivity contribution in [3.05, 3.63) is 102 Å². The van der Waals surface area contributed by atoms with Crippen LogP contribution in [0.1, 0.15) is 11.3 Å². The third-order valence-electron chi connectivity index (χ3n) is 4.74. The molecule has 2 aromatic carbocycles. The minimum Gasteiger partial charge on any atom is -0.454 e. The van der Waals surface area contributed by atoms with E-state index in [0.29, 0.717) is 33.5 Å². The van der Waals surface area contributed by atoms with Gasteiger partial charge >= 0.3 is 0 Å². The molecule has 142 valence electrons. The maximum absolute atomic E-state index is 9.53. The molecular weight excluding hydrogens is 374 g/mol. The predicted octanol–water partition coefficient (Wildman–Crippen LogP) is 4.73. The third-order valence-corrected chi connectivity index (χ3v) is 4.74. The normalized spacial score (nSPS) is 11.4. The summed E-state index contributed by atoms with van der Waals surface area (Å²) in [4.78, 5) is 8.71. The van der Waals surface area contributed by atoms with Gasteiger partial charge in [-0.2, -0.15) is 0 Å². The van der Waals surface area contributed by atoms with Gasteiger partial charge in [-0.3, -0.25) is 4.98 Å². The van der Waals surface area contributed by atoms with Crippen molar-refractivity contribution in [1.29, 1.82) is 0 Å². The average molecular weight is 389 g/mol. The molecule has 0 unspecified atom stereocenters. The van der Waals surface area contributed by atoms with Gasteiger partial charge < -0.3 is 9.62 Å². The van der Waals surface area contributed by atoms with Gasteiger partial charge in [-0.25, -0.2) is 4.98 Å². The van der Waals surface area contributed by atoms with Gasteiger partial charge in [0.2, 0.25) is 0 Å². The van der Waals surface area contributed by atoms with Crippen molar-refractivity contribution in [2.45, 2.75) is 0 Å². The van der Waals surface area contributed by atoms with Crippen LogP contribution in [-0.4, -0.2) is 15.2 Å². The molecule has 30 heavy (non-hydrogen) atoms. The fraction of sp³-hybridized carbons (Fsp3) is 0. The fourth-order valence-electron chi connectivity index (χ4n) is 3.25. The molecular formula is C25H15N3O2. The van der Waals surface area contributed by atoms with Crippen LogP contribution in [0.2, 0.25) is 0 Å². The second kappa shape index (κ2) is 7.53. The standard InChI is InChI=1S/C25H15N3O2/c29-28-22-15-25(23-14-18-5-1-2-6-19(18)16-27-23)30-24-13-17(9-11-21(22)24)8-10-20-7-3-4-12-26-20/h1-7,9,11-16,29H/b28-22-. The lowest BCUT2D eigenvalue weighted by molar-refractivity contribution is 0.302. The number of benzene rings is 2. The molecule has 0 aliphatic carbocycles. The summed E-state index contributed by atoms with van der Waals surface area (Å²) in [6.45, 7) is 0. The quantitative estimate of drug-likeness (QED) is 0.256. The monoisotopic (exact) mass is 389 g/mol. The van der Waals surface area contributed by atoms with Gasteiger partial charge in [-0.05, 0) is 47.7 Å². The number of nitrogens with zero attached hydrogens (tertiary/aromatic N) is 3. The van der Waals surface area contributed by atoms with E-state index in [1.165, 1.54) is 0 Å². The zero-order valence-corrected chi connectivity index (χ0v) is 15.8. The maximum Gasteiger partial charge on any atom is 0.155 e. The summed E-state index contributed by atoms with van der Waals surface area (Å²) in [5, 5.41) is 16.2. The van der Waals surface area contributed by atoms with Crippen molar-refractivity contribution in [1.82, 2.24) is 9.97 Å². The van der Waals surface area contributed by atoms with E-state index in [9.17, 15) is 5.21 Å². The van der Waals surface area contributed by atoms with Crippen LogP contribution in [0.3, 0.4) is 0 Å². The van der Waals surface area contributed by atoms with Crippen molar-refractivity contribution in [2.75, 3.05) is 0 Å². The highest BCUT2D eigenvalue weighted by molar-refractivity contribution is 5.85. The summed E-state index contributed by atoms with van der Waals surface area (Å²) >= 11 is 0. The minimum absolute atomic E-state index is 0.408. The number of aromatic nitrogens is 2. The Morgan fingerprint density at radius 1 is 0.833 bits per heavy atom. The first-order valence-electron chi connectivity index (χ1n) is 9.34. The van der Waals surface area contributed by atoms with E-state index in [0.717, 1.165) is 16.3 Å². The van der Waals surface area contributed by atoms with Crippen LogP contribution >= 0.6 is 0 Å². The van der Waals surface area contributed by atoms with Gasteiger partial charge in [0.15, 0.2) is 5.76 Å². The number of rotatable bonds is 1. The molecule has 3 aromatic heterocycles. The van der Waals surface area contributed by atoms with Crippen LogP contribution in [0.15, 0.2) is 94.8 Å². The van der Waals surface area contributed by atoms with Crippen LogP contribution in [0.5, 0.6) is 0 Å². The Morgan fingerprint density at radius 3 is 2.53 bits per heavy atom. The first-order valence-corrected chi connectivity index (χ1v) is 9.34. The van der Waals surface area contributed by atoms with E-state index in [-0.39, 0.29) is 0 Å². The van der Waals surface area contributed by atoms with Crippen LogP contribution in [0.4, 0.5) is 0 Å². The Bertz CT molecular complexity index is 1510. The van der Waals surface area contributed by atoms with Crippen molar-refractivity contribution < 1.29 is 9.62 Å². The molecule has 5 rings (SSSR count). The third kappa shape index (κ3) is 3.38. The van der Waals surface area contributed by atoms with E-state index in [1.54, 1.807) is 18.5 Å². The molecule has 0 fully saturated rings. The molecule has 0 saturated heterocycles. The summed E-state index contributed by atoms with van der Waals surface area (Å²) in [7, 11) is 0. The number of hydrogen-bond donors (Lipinski definition) is 1. The molecule has 0 aliphatic rings. The first kappa shape index (κ1) is 17.7. The lowest BCUT2D eigenvalue weighted by Gasteiger charge is -2.05. The van der Waals surface area contributed by atoms with E-state index in [2.05, 4.69) is 27.0 Å². The zero-order valence-electron chi connectivity index (χ0n) is 15.8. The molecule has 0 atom stereocenters. The SMILES string of the molecule is O/N=c1/cc(-c2cc3ccccc3cn2)oc2cc(C#Cc3ccccn3)ccc12. The average Bonchev–Trinajstić information content (AvgIpc) is 2.82. The Hall–Kier alpha value is -4.43. The van der Waals surface area contributed by atoms with Gasteiger partial charge in [0.05, 0.1) is 0 Å². The van der Waals surface area contributed by atoms with Crippen LogP contribution in [0.25, 0.3) is 33.2 Å². The summed E-state index contributed by atoms with van der Waals surface area (Å²) in [6, 6.07) is 22.7. The zero-order chi connectivity index (χ0) is 20.3. The molecule has 0 saturated carbocycles. The van der Waals surface area contributed by atoms with Gasteiger partial charge in [0.1, 0.15) is 22.3 Å². The first-order chi connectivity index (χ1) is 14.8. The summed E-state index contributed by atoms with van der Waals surface area (Å²) in [5.41, 5.74) is 2.67. The second-order valence-electron chi connectivity index (χ2n) is 6.69. The van der Waals surface area contributed by atoms with Gasteiger partial charge in [0, 0.05) is 34.8 Å². The smallest absolute Gasteiger partial charge is 0.155 e. The number of hydrogen-bond acceptors (Lipinski definition) is 5. The van der Waals surface area contributed by atoms with E-state index in [1.807, 2.05) is 66.7 Å². The van der Waals surface area contributed by atoms with E-state index in [4.69, 9.17) is 4.42 Å². The Morgan fingerprint density at radius 2 is 1.70 bits per heavy atom. The maximum atomic E-state index is 9.53. The predicted molar refractivity (Wildman–Crippen MR) is 115 cm³/mol. The summed E-state index contributed by atoms with van der Waals surface area (Å²) in [5.74, 6) is 6.64. The molecule has 0 aliphatic heterocycles. The fourth-order valence-corrected chi connectivity index (χ4v) is 3.25. The van der Waals surface area contributed by atoms with Gasteiger partial charge in [-0.15, -0.1) is 0 Å². The van der Waals surface area contributed by atoms with Crippen molar-refractivity contribution in [3.63, 3.8) is 0 Å². The highest BCUT2D eigenvalue weighted by Gasteiger charge is 2.09. The van der Waals surface area contributed by atoms with Crippen molar-refractivity contribution in [2.24, 2.45) is 5.16 Å². The molecule has 5 nitrogen and oxygen atoms in total. The Kier molecular flexibility index (Phi) is 4.43. The van der Waals surface area contributed by atoms with Crippen LogP contribution < -0.4 is 5.36 Å². The van der Waals surface area contributed by atoms with Crippen LogP contribution in [-0.2, 0) is 0 Å². The highest BCUT2D eigenvalue weighted by Crippen LogP contribution is 2.24. The number of fused-ring (bicyclic) bond motifs is 2. The molecule has 5 heteroatoms. The number of pyridine rings is 2. The van der Waals surface area contributed by atoms with Gasteiger partial charge in [-0.1, -0.05) is 41.4 Å². The Balaban J connectivity index is 1.63.